The van der Waals surface area contributed by atoms with Crippen molar-refractivity contribution in [1.29, 1.82) is 0 Å². The molecule has 9 rings (SSSR count). The topological polar surface area (TPSA) is 237 Å². The lowest BCUT2D eigenvalue weighted by atomic mass is 10.00. The van der Waals surface area contributed by atoms with Crippen molar-refractivity contribution in [1.82, 2.24) is 30.6 Å². The van der Waals surface area contributed by atoms with Crippen molar-refractivity contribution in [2.24, 2.45) is 0 Å². The van der Waals surface area contributed by atoms with Crippen LogP contribution in [0.4, 0.5) is 0 Å². The molecule has 10 N–H and O–H groups in total. The summed E-state index contributed by atoms with van der Waals surface area (Å²) in [6, 6.07) is 41.6. The number of nitrogens with one attached hydrogen (secondary N) is 4. The number of fused-ring (bicyclic) bond motifs is 8. The quantitative estimate of drug-likeness (QED) is 0.0592. The molecule has 0 aliphatic carbocycles. The molecular formula is C54H48N6O8. The van der Waals surface area contributed by atoms with Gasteiger partial charge in [0.1, 0.15) is 11.1 Å². The second-order valence-electron chi connectivity index (χ2n) is 16.8. The van der Waals surface area contributed by atoms with Crippen LogP contribution in [0.15, 0.2) is 133 Å². The fourth-order valence-electron chi connectivity index (χ4n) is 8.37. The molecule has 342 valence electrons. The first kappa shape index (κ1) is 45.3. The molecule has 14 heteroatoms. The van der Waals surface area contributed by atoms with Crippen LogP contribution in [-0.2, 0) is 0 Å². The largest absolute Gasteiger partial charge is 0.394 e. The summed E-state index contributed by atoms with van der Waals surface area (Å²) in [5.74, 6) is -1.15. The Bertz CT molecular complexity index is 2990. The Morgan fingerprint density at radius 2 is 0.647 bits per heavy atom. The number of rotatable bonds is 14. The van der Waals surface area contributed by atoms with Crippen LogP contribution >= 0.6 is 0 Å². The van der Waals surface area contributed by atoms with E-state index in [0.717, 1.165) is 66.6 Å². The number of aromatic amines is 2. The zero-order chi connectivity index (χ0) is 47.4. The second kappa shape index (κ2) is 19.2. The minimum Gasteiger partial charge on any atom is -0.394 e. The zero-order valence-electron chi connectivity index (χ0n) is 36.6. The average Bonchev–Trinajstić information content (AvgIpc) is 4.25. The second-order valence-corrected chi connectivity index (χ2v) is 16.8. The molecule has 68 heavy (non-hydrogen) atoms. The van der Waals surface area contributed by atoms with E-state index in [-0.39, 0.29) is 11.1 Å². The van der Waals surface area contributed by atoms with E-state index in [1.54, 1.807) is 24.3 Å². The van der Waals surface area contributed by atoms with Gasteiger partial charge in [-0.15, -0.1) is 0 Å². The van der Waals surface area contributed by atoms with Gasteiger partial charge < -0.3 is 51.2 Å². The van der Waals surface area contributed by atoms with Crippen LogP contribution < -0.4 is 10.6 Å². The Labute approximate surface area is 390 Å². The van der Waals surface area contributed by atoms with Gasteiger partial charge in [-0.1, -0.05) is 84.9 Å². The molecule has 0 spiro atoms. The summed E-state index contributed by atoms with van der Waals surface area (Å²) in [6.45, 7) is -3.92. The standard InChI is InChI=1S/C54H48N6O8/c61-27-53(28-62,29-63)59-51(67)37-15-11-35(12-16-37)49-43-23-19-39(55-43)47(33-7-3-1-4-8-33)40-20-24-44(56-40)50(36-13-17-38(18-14-36)52(68)60-54(30-64,31-65)32-66)46-26-22-42(58-46)48(34-9-5-2-6-10-34)41-21-25-45(49)57-41/h1-26,55,58,61-66H,27-32H2,(H,59,67)(H,60,68). The number of hydrogen-bond donors (Lipinski definition) is 10. The fraction of sp³-hybridized carbons (Fsp3) is 0.148. The lowest BCUT2D eigenvalue weighted by Crippen LogP contribution is -2.57. The number of H-pyrrole nitrogens is 2. The number of aliphatic hydroxyl groups excluding tert-OH is 6. The van der Waals surface area contributed by atoms with E-state index in [1.807, 2.05) is 133 Å². The van der Waals surface area contributed by atoms with E-state index in [9.17, 15) is 40.2 Å². The third-order valence-electron chi connectivity index (χ3n) is 12.3. The van der Waals surface area contributed by atoms with Gasteiger partial charge in [-0.3, -0.25) is 9.59 Å². The average molecular weight is 909 g/mol. The molecule has 0 atom stereocenters. The SMILES string of the molecule is O=C(NC(CO)(CO)CO)c1ccc(-c2c3nc(c(-c4ccccc4)c4ccc([nH]4)c(-c4ccc(C(=O)NC(CO)(CO)CO)cc4)c4nc(c(-c5ccccc5)c5ccc2[nH]5)C=C4)C=C3)cc1. The number of amides is 2. The number of aromatic nitrogens is 4. The summed E-state index contributed by atoms with van der Waals surface area (Å²) in [5.41, 5.74) is 9.51. The van der Waals surface area contributed by atoms with Crippen molar-refractivity contribution in [3.8, 4) is 44.5 Å². The fourth-order valence-corrected chi connectivity index (χ4v) is 8.37. The highest BCUT2D eigenvalue weighted by Crippen LogP contribution is 2.38. The Morgan fingerprint density at radius 3 is 0.912 bits per heavy atom. The first-order valence-electron chi connectivity index (χ1n) is 21.9. The van der Waals surface area contributed by atoms with Crippen LogP contribution in [-0.4, -0.2) is 113 Å². The van der Waals surface area contributed by atoms with Gasteiger partial charge >= 0.3 is 0 Å². The molecule has 14 nitrogen and oxygen atoms in total. The van der Waals surface area contributed by atoms with Crippen molar-refractivity contribution >= 4 is 58.2 Å². The molecule has 0 saturated carbocycles. The van der Waals surface area contributed by atoms with Crippen LogP contribution in [0.5, 0.6) is 0 Å². The first-order valence-corrected chi connectivity index (χ1v) is 21.9. The smallest absolute Gasteiger partial charge is 0.251 e. The summed E-state index contributed by atoms with van der Waals surface area (Å²) >= 11 is 0. The first-order chi connectivity index (χ1) is 33.1. The van der Waals surface area contributed by atoms with E-state index < -0.39 is 62.5 Å². The monoisotopic (exact) mass is 908 g/mol. The maximum atomic E-state index is 13.3. The Hall–Kier alpha value is -7.82. The minimum absolute atomic E-state index is 0.258. The molecule has 5 heterocycles. The molecule has 0 unspecified atom stereocenters. The summed E-state index contributed by atoms with van der Waals surface area (Å²) in [4.78, 5) is 44.7. The minimum atomic E-state index is -1.59. The summed E-state index contributed by atoms with van der Waals surface area (Å²) in [6.07, 6.45) is 7.87. The van der Waals surface area contributed by atoms with Gasteiger partial charge in [-0.2, -0.15) is 0 Å². The predicted octanol–water partition coefficient (Wildman–Crippen LogP) is 6.21. The lowest BCUT2D eigenvalue weighted by molar-refractivity contribution is 0.0375. The Kier molecular flexibility index (Phi) is 12.8. The highest BCUT2D eigenvalue weighted by Gasteiger charge is 2.32. The van der Waals surface area contributed by atoms with E-state index in [4.69, 9.17) is 9.97 Å². The van der Waals surface area contributed by atoms with Crippen molar-refractivity contribution < 1.29 is 40.2 Å². The summed E-state index contributed by atoms with van der Waals surface area (Å²) in [5, 5.41) is 64.2. The summed E-state index contributed by atoms with van der Waals surface area (Å²) < 4.78 is 0. The van der Waals surface area contributed by atoms with Gasteiger partial charge in [0.05, 0.1) is 62.4 Å². The third kappa shape index (κ3) is 8.66. The van der Waals surface area contributed by atoms with Crippen molar-refractivity contribution in [2.45, 2.75) is 11.1 Å². The van der Waals surface area contributed by atoms with E-state index in [0.29, 0.717) is 22.8 Å². The van der Waals surface area contributed by atoms with Crippen molar-refractivity contribution in [3.63, 3.8) is 0 Å². The number of hydrogen-bond acceptors (Lipinski definition) is 10. The number of benzene rings is 4. The molecule has 2 amide bonds. The highest BCUT2D eigenvalue weighted by atomic mass is 16.3. The van der Waals surface area contributed by atoms with E-state index in [1.165, 1.54) is 0 Å². The van der Waals surface area contributed by atoms with Gasteiger partial charge in [0.15, 0.2) is 0 Å². The van der Waals surface area contributed by atoms with E-state index >= 15 is 0 Å². The number of aliphatic hydroxyl groups is 6. The van der Waals surface area contributed by atoms with Crippen LogP contribution in [0.3, 0.4) is 0 Å². The van der Waals surface area contributed by atoms with Gasteiger partial charge in [-0.25, -0.2) is 9.97 Å². The Balaban J connectivity index is 1.29. The molecule has 0 saturated heterocycles. The van der Waals surface area contributed by atoms with Crippen molar-refractivity contribution in [2.75, 3.05) is 39.6 Å². The van der Waals surface area contributed by atoms with Crippen LogP contribution in [0.25, 0.3) is 90.9 Å². The third-order valence-corrected chi connectivity index (χ3v) is 12.3. The number of carbonyl (C=O) groups is 2. The molecule has 3 aromatic heterocycles. The van der Waals surface area contributed by atoms with Gasteiger partial charge in [0.2, 0.25) is 0 Å². The molecule has 0 radical (unpaired) electrons. The molecule has 8 bridgehead atoms. The maximum Gasteiger partial charge on any atom is 0.251 e. The molecule has 7 aromatic rings. The summed E-state index contributed by atoms with van der Waals surface area (Å²) in [7, 11) is 0. The van der Waals surface area contributed by atoms with Gasteiger partial charge in [0.25, 0.3) is 11.8 Å². The normalized spacial score (nSPS) is 12.3. The Morgan fingerprint density at radius 1 is 0.382 bits per heavy atom. The number of carbonyl (C=O) groups excluding carboxylic acids is 2. The van der Waals surface area contributed by atoms with E-state index in [2.05, 4.69) is 20.6 Å². The van der Waals surface area contributed by atoms with Crippen molar-refractivity contribution in [3.05, 3.63) is 167 Å². The molecule has 0 fully saturated rings. The van der Waals surface area contributed by atoms with Crippen LogP contribution in [0, 0.1) is 0 Å². The van der Waals surface area contributed by atoms with Gasteiger partial charge in [0, 0.05) is 55.4 Å². The lowest BCUT2D eigenvalue weighted by Gasteiger charge is -2.28. The molecule has 4 aromatic carbocycles. The van der Waals surface area contributed by atoms with Crippen LogP contribution in [0.1, 0.15) is 43.5 Å². The predicted molar refractivity (Wildman–Crippen MR) is 264 cm³/mol. The molecular weight excluding hydrogens is 861 g/mol. The maximum absolute atomic E-state index is 13.3. The van der Waals surface area contributed by atoms with Gasteiger partial charge in [-0.05, 0) is 95.1 Å². The highest BCUT2D eigenvalue weighted by molar-refractivity contribution is 6.01. The number of nitrogens with zero attached hydrogens (tertiary/aromatic N) is 2. The molecule has 2 aliphatic rings. The zero-order valence-corrected chi connectivity index (χ0v) is 36.6. The van der Waals surface area contributed by atoms with Crippen LogP contribution in [0.2, 0.25) is 0 Å². The molecule has 2 aliphatic heterocycles.